The number of benzene rings is 1. The average Bonchev–Trinajstić information content (AvgIpc) is 2.82. The minimum atomic E-state index is -0.252. The van der Waals surface area contributed by atoms with Gasteiger partial charge in [0.2, 0.25) is 5.91 Å². The van der Waals surface area contributed by atoms with Crippen LogP contribution in [0.1, 0.15) is 5.56 Å². The first-order valence-electron chi connectivity index (χ1n) is 4.91. The van der Waals surface area contributed by atoms with E-state index in [0.717, 1.165) is 0 Å². The highest BCUT2D eigenvalue weighted by Gasteiger charge is 2.06. The van der Waals surface area contributed by atoms with Crippen molar-refractivity contribution in [2.45, 2.75) is 6.54 Å². The Morgan fingerprint density at radius 1 is 1.47 bits per heavy atom. The smallest absolute Gasteiger partial charge is 0.246 e. The molecule has 0 spiro atoms. The monoisotopic (exact) mass is 227 g/mol. The molecule has 2 rings (SSSR count). The number of nitriles is 1. The topological polar surface area (TPSA) is 83.6 Å². The molecule has 0 aliphatic heterocycles. The molecule has 0 saturated heterocycles. The second-order valence-corrected chi connectivity index (χ2v) is 3.30. The maximum Gasteiger partial charge on any atom is 0.246 e. The van der Waals surface area contributed by atoms with Gasteiger partial charge in [0.15, 0.2) is 0 Å². The summed E-state index contributed by atoms with van der Waals surface area (Å²) in [7, 11) is 0. The van der Waals surface area contributed by atoms with E-state index >= 15 is 0 Å². The molecule has 0 saturated carbocycles. The molecule has 0 fully saturated rings. The van der Waals surface area contributed by atoms with Gasteiger partial charge in [-0.05, 0) is 12.1 Å². The number of hydrogen-bond acceptors (Lipinski definition) is 4. The van der Waals surface area contributed by atoms with E-state index in [1.807, 2.05) is 6.07 Å². The normalized spacial score (nSPS) is 9.59. The summed E-state index contributed by atoms with van der Waals surface area (Å²) >= 11 is 0. The van der Waals surface area contributed by atoms with Crippen LogP contribution in [-0.2, 0) is 11.3 Å². The average molecular weight is 227 g/mol. The van der Waals surface area contributed by atoms with E-state index in [0.29, 0.717) is 11.3 Å². The second-order valence-electron chi connectivity index (χ2n) is 3.30. The summed E-state index contributed by atoms with van der Waals surface area (Å²) in [6, 6.07) is 8.83. The van der Waals surface area contributed by atoms with Gasteiger partial charge in [0, 0.05) is 0 Å². The SMILES string of the molecule is N#Cc1ccccc1NC(=O)Cn1cncn1. The van der Waals surface area contributed by atoms with Crippen LogP contribution in [0.15, 0.2) is 36.9 Å². The maximum atomic E-state index is 11.6. The lowest BCUT2D eigenvalue weighted by atomic mass is 10.2. The zero-order valence-electron chi connectivity index (χ0n) is 8.87. The molecule has 1 heterocycles. The lowest BCUT2D eigenvalue weighted by Gasteiger charge is -2.06. The molecule has 0 radical (unpaired) electrons. The minimum absolute atomic E-state index is 0.0692. The van der Waals surface area contributed by atoms with E-state index in [1.54, 1.807) is 24.3 Å². The molecule has 84 valence electrons. The Hall–Kier alpha value is -2.68. The predicted octanol–water partition coefficient (Wildman–Crippen LogP) is 0.788. The first kappa shape index (κ1) is 10.8. The summed E-state index contributed by atoms with van der Waals surface area (Å²) < 4.78 is 1.41. The number of amides is 1. The fourth-order valence-corrected chi connectivity index (χ4v) is 1.34. The molecular weight excluding hydrogens is 218 g/mol. The number of rotatable bonds is 3. The van der Waals surface area contributed by atoms with Crippen molar-refractivity contribution in [3.8, 4) is 6.07 Å². The number of para-hydroxylation sites is 1. The summed E-state index contributed by atoms with van der Waals surface area (Å²) in [4.78, 5) is 15.4. The molecule has 6 nitrogen and oxygen atoms in total. The highest BCUT2D eigenvalue weighted by atomic mass is 16.2. The predicted molar refractivity (Wildman–Crippen MR) is 59.8 cm³/mol. The maximum absolute atomic E-state index is 11.6. The van der Waals surface area contributed by atoms with Gasteiger partial charge < -0.3 is 5.32 Å². The van der Waals surface area contributed by atoms with Crippen LogP contribution < -0.4 is 5.32 Å². The molecule has 1 amide bonds. The number of carbonyl (C=O) groups is 1. The fraction of sp³-hybridized carbons (Fsp3) is 0.0909. The lowest BCUT2D eigenvalue weighted by molar-refractivity contribution is -0.116. The number of nitrogens with one attached hydrogen (secondary N) is 1. The van der Waals surface area contributed by atoms with Crippen LogP contribution in [-0.4, -0.2) is 20.7 Å². The third kappa shape index (κ3) is 2.66. The largest absolute Gasteiger partial charge is 0.323 e. The van der Waals surface area contributed by atoms with Crippen LogP contribution in [0.5, 0.6) is 0 Å². The Labute approximate surface area is 97.5 Å². The molecule has 1 N–H and O–H groups in total. The molecule has 2 aromatic rings. The van der Waals surface area contributed by atoms with Crippen LogP contribution in [0.4, 0.5) is 5.69 Å². The summed E-state index contributed by atoms with van der Waals surface area (Å²) in [6.07, 6.45) is 2.81. The first-order chi connectivity index (χ1) is 8.29. The Balaban J connectivity index is 2.06. The number of hydrogen-bond donors (Lipinski definition) is 1. The molecule has 0 aliphatic rings. The van der Waals surface area contributed by atoms with Gasteiger partial charge in [-0.3, -0.25) is 4.79 Å². The van der Waals surface area contributed by atoms with Gasteiger partial charge in [-0.2, -0.15) is 10.4 Å². The Morgan fingerprint density at radius 3 is 3.00 bits per heavy atom. The molecule has 6 heteroatoms. The van der Waals surface area contributed by atoms with Gasteiger partial charge in [0.25, 0.3) is 0 Å². The number of anilines is 1. The standard InChI is InChI=1S/C11H9N5O/c12-5-9-3-1-2-4-10(9)15-11(17)6-16-8-13-7-14-16/h1-4,7-8H,6H2,(H,15,17). The number of nitrogens with zero attached hydrogens (tertiary/aromatic N) is 4. The molecular formula is C11H9N5O. The zero-order chi connectivity index (χ0) is 12.1. The summed E-state index contributed by atoms with van der Waals surface area (Å²) in [5.41, 5.74) is 0.930. The Kier molecular flexibility index (Phi) is 3.12. The van der Waals surface area contributed by atoms with Crippen molar-refractivity contribution in [1.29, 1.82) is 5.26 Å². The summed E-state index contributed by atoms with van der Waals surface area (Å²) in [5.74, 6) is -0.252. The van der Waals surface area contributed by atoms with E-state index in [1.165, 1.54) is 17.3 Å². The van der Waals surface area contributed by atoms with E-state index in [2.05, 4.69) is 15.4 Å². The zero-order valence-corrected chi connectivity index (χ0v) is 8.87. The van der Waals surface area contributed by atoms with Crippen LogP contribution in [0.25, 0.3) is 0 Å². The third-order valence-electron chi connectivity index (χ3n) is 2.09. The quantitative estimate of drug-likeness (QED) is 0.840. The van der Waals surface area contributed by atoms with Crippen LogP contribution in [0.2, 0.25) is 0 Å². The van der Waals surface area contributed by atoms with Crippen molar-refractivity contribution in [3.63, 3.8) is 0 Å². The van der Waals surface area contributed by atoms with Gasteiger partial charge in [-0.15, -0.1) is 0 Å². The van der Waals surface area contributed by atoms with E-state index in [-0.39, 0.29) is 12.5 Å². The van der Waals surface area contributed by atoms with Crippen LogP contribution in [0, 0.1) is 11.3 Å². The van der Waals surface area contributed by atoms with E-state index in [4.69, 9.17) is 5.26 Å². The fourth-order valence-electron chi connectivity index (χ4n) is 1.34. The van der Waals surface area contributed by atoms with Crippen LogP contribution in [0.3, 0.4) is 0 Å². The minimum Gasteiger partial charge on any atom is -0.323 e. The van der Waals surface area contributed by atoms with Gasteiger partial charge >= 0.3 is 0 Å². The van der Waals surface area contributed by atoms with Gasteiger partial charge in [0.1, 0.15) is 25.3 Å². The summed E-state index contributed by atoms with van der Waals surface area (Å²) in [5, 5.41) is 15.3. The van der Waals surface area contributed by atoms with Crippen molar-refractivity contribution >= 4 is 11.6 Å². The highest BCUT2D eigenvalue weighted by molar-refractivity contribution is 5.91. The molecule has 0 atom stereocenters. The van der Waals surface area contributed by atoms with Crippen LogP contribution >= 0.6 is 0 Å². The van der Waals surface area contributed by atoms with E-state index in [9.17, 15) is 4.79 Å². The number of aromatic nitrogens is 3. The van der Waals surface area contributed by atoms with E-state index < -0.39 is 0 Å². The van der Waals surface area contributed by atoms with Crippen molar-refractivity contribution < 1.29 is 4.79 Å². The molecule has 17 heavy (non-hydrogen) atoms. The number of carbonyl (C=O) groups excluding carboxylic acids is 1. The highest BCUT2D eigenvalue weighted by Crippen LogP contribution is 2.13. The Morgan fingerprint density at radius 2 is 2.29 bits per heavy atom. The van der Waals surface area contributed by atoms with Gasteiger partial charge in [-0.25, -0.2) is 9.67 Å². The van der Waals surface area contributed by atoms with Crippen molar-refractivity contribution in [2.24, 2.45) is 0 Å². The summed E-state index contributed by atoms with van der Waals surface area (Å²) in [6.45, 7) is 0.0692. The molecule has 0 bridgehead atoms. The Bertz CT molecular complexity index is 555. The first-order valence-corrected chi connectivity index (χ1v) is 4.91. The van der Waals surface area contributed by atoms with Gasteiger partial charge in [-0.1, -0.05) is 12.1 Å². The molecule has 0 unspecified atom stereocenters. The second kappa shape index (κ2) is 4.90. The van der Waals surface area contributed by atoms with Crippen molar-refractivity contribution in [3.05, 3.63) is 42.5 Å². The van der Waals surface area contributed by atoms with Crippen molar-refractivity contribution in [2.75, 3.05) is 5.32 Å². The van der Waals surface area contributed by atoms with Gasteiger partial charge in [0.05, 0.1) is 11.3 Å². The van der Waals surface area contributed by atoms with Crippen molar-refractivity contribution in [1.82, 2.24) is 14.8 Å². The lowest BCUT2D eigenvalue weighted by Crippen LogP contribution is -2.19. The molecule has 1 aromatic heterocycles. The molecule has 0 aliphatic carbocycles. The molecule has 1 aromatic carbocycles. The third-order valence-corrected chi connectivity index (χ3v) is 2.09.